The number of nitrogens with zero attached hydrogens (tertiary/aromatic N) is 1. The van der Waals surface area contributed by atoms with Crippen LogP contribution in [0.1, 0.15) is 54.5 Å². The van der Waals surface area contributed by atoms with Crippen LogP contribution in [-0.4, -0.2) is 17.6 Å². The molecule has 1 amide bonds. The van der Waals surface area contributed by atoms with Crippen molar-refractivity contribution in [2.45, 2.75) is 54.0 Å². The molecule has 0 bridgehead atoms. The normalized spacial score (nSPS) is 11.2. The average molecular weight is 342 g/mol. The number of ether oxygens (including phenoxy) is 1. The van der Waals surface area contributed by atoms with Gasteiger partial charge >= 0.3 is 0 Å². The summed E-state index contributed by atoms with van der Waals surface area (Å²) in [5.74, 6) is 1.09. The molecule has 0 aliphatic rings. The molecular weight excluding hydrogens is 312 g/mol. The number of methoxy groups -OCH3 is 1. The molecule has 0 saturated heterocycles. The topological polar surface area (TPSA) is 57.2 Å². The number of hydrogen-bond donors (Lipinski definition) is 1. The SMILES string of the molecule is CCc1c(-c2ccc(OC)c(C)c2)c(C(N)=O)c(C)n1CCC(C)C. The summed E-state index contributed by atoms with van der Waals surface area (Å²) < 4.78 is 7.64. The van der Waals surface area contributed by atoms with Gasteiger partial charge in [-0.3, -0.25) is 4.79 Å². The molecule has 2 N–H and O–H groups in total. The first-order valence-electron chi connectivity index (χ1n) is 8.98. The molecule has 0 radical (unpaired) electrons. The van der Waals surface area contributed by atoms with Gasteiger partial charge < -0.3 is 15.0 Å². The third-order valence-electron chi connectivity index (χ3n) is 4.83. The van der Waals surface area contributed by atoms with Crippen LogP contribution in [0, 0.1) is 19.8 Å². The fourth-order valence-electron chi connectivity index (χ4n) is 3.50. The molecule has 2 aromatic rings. The number of amides is 1. The number of rotatable bonds is 7. The Bertz CT molecular complexity index is 773. The molecule has 4 nitrogen and oxygen atoms in total. The van der Waals surface area contributed by atoms with Crippen LogP contribution in [0.3, 0.4) is 0 Å². The fourth-order valence-corrected chi connectivity index (χ4v) is 3.50. The van der Waals surface area contributed by atoms with Crippen molar-refractivity contribution in [3.8, 4) is 16.9 Å². The van der Waals surface area contributed by atoms with Gasteiger partial charge in [0.15, 0.2) is 0 Å². The molecule has 25 heavy (non-hydrogen) atoms. The van der Waals surface area contributed by atoms with E-state index in [1.807, 2.05) is 26.0 Å². The van der Waals surface area contributed by atoms with Gasteiger partial charge in [-0.2, -0.15) is 0 Å². The average Bonchev–Trinajstić information content (AvgIpc) is 2.84. The lowest BCUT2D eigenvalue weighted by Gasteiger charge is -2.14. The zero-order chi connectivity index (χ0) is 18.7. The Morgan fingerprint density at radius 3 is 2.44 bits per heavy atom. The van der Waals surface area contributed by atoms with Crippen molar-refractivity contribution in [3.63, 3.8) is 0 Å². The van der Waals surface area contributed by atoms with Crippen molar-refractivity contribution in [1.82, 2.24) is 4.57 Å². The van der Waals surface area contributed by atoms with Crippen molar-refractivity contribution < 1.29 is 9.53 Å². The molecule has 136 valence electrons. The van der Waals surface area contributed by atoms with E-state index in [0.29, 0.717) is 11.5 Å². The smallest absolute Gasteiger partial charge is 0.251 e. The summed E-state index contributed by atoms with van der Waals surface area (Å²) in [5.41, 5.74) is 11.6. The quantitative estimate of drug-likeness (QED) is 0.806. The minimum atomic E-state index is -0.362. The summed E-state index contributed by atoms with van der Waals surface area (Å²) in [6.07, 6.45) is 1.93. The predicted molar refractivity (Wildman–Crippen MR) is 103 cm³/mol. The molecule has 0 fully saturated rings. The Labute approximate surface area is 151 Å². The first-order chi connectivity index (χ1) is 11.8. The highest BCUT2D eigenvalue weighted by atomic mass is 16.5. The number of aromatic nitrogens is 1. The van der Waals surface area contributed by atoms with Crippen LogP contribution in [-0.2, 0) is 13.0 Å². The van der Waals surface area contributed by atoms with Crippen LogP contribution in [0.15, 0.2) is 18.2 Å². The lowest BCUT2D eigenvalue weighted by Crippen LogP contribution is -2.13. The molecule has 1 heterocycles. The number of carbonyl (C=O) groups is 1. The Kier molecular flexibility index (Phi) is 5.93. The second-order valence-electron chi connectivity index (χ2n) is 7.02. The Hall–Kier alpha value is -2.23. The van der Waals surface area contributed by atoms with E-state index >= 15 is 0 Å². The third-order valence-corrected chi connectivity index (χ3v) is 4.83. The highest BCUT2D eigenvalue weighted by molar-refractivity contribution is 6.02. The molecule has 2 rings (SSSR count). The standard InChI is InChI=1S/C21H30N2O2/c1-7-17-20(16-8-9-18(25-6)14(4)12-16)19(21(22)24)15(5)23(17)11-10-13(2)3/h8-9,12-13H,7,10-11H2,1-6H3,(H2,22,24). The van der Waals surface area contributed by atoms with Gasteiger partial charge in [-0.1, -0.05) is 26.8 Å². The van der Waals surface area contributed by atoms with E-state index in [1.54, 1.807) is 7.11 Å². The molecule has 1 aromatic carbocycles. The fraction of sp³-hybridized carbons (Fsp3) is 0.476. The van der Waals surface area contributed by atoms with E-state index in [2.05, 4.69) is 31.4 Å². The molecule has 0 saturated carbocycles. The van der Waals surface area contributed by atoms with Crippen LogP contribution in [0.5, 0.6) is 5.75 Å². The minimum absolute atomic E-state index is 0.362. The molecule has 1 aromatic heterocycles. The van der Waals surface area contributed by atoms with E-state index in [1.165, 1.54) is 5.69 Å². The molecular formula is C21H30N2O2. The van der Waals surface area contributed by atoms with E-state index in [9.17, 15) is 4.79 Å². The van der Waals surface area contributed by atoms with Crippen LogP contribution in [0.2, 0.25) is 0 Å². The largest absolute Gasteiger partial charge is 0.496 e. The molecule has 4 heteroatoms. The van der Waals surface area contributed by atoms with Crippen molar-refractivity contribution in [1.29, 1.82) is 0 Å². The van der Waals surface area contributed by atoms with Gasteiger partial charge in [0.2, 0.25) is 0 Å². The Morgan fingerprint density at radius 2 is 1.96 bits per heavy atom. The maximum absolute atomic E-state index is 12.2. The first kappa shape index (κ1) is 19.1. The van der Waals surface area contributed by atoms with Crippen LogP contribution in [0.4, 0.5) is 0 Å². The molecule has 0 aliphatic heterocycles. The number of aryl methyl sites for hydroxylation is 1. The van der Waals surface area contributed by atoms with Crippen molar-refractivity contribution in [2.24, 2.45) is 11.7 Å². The summed E-state index contributed by atoms with van der Waals surface area (Å²) in [5, 5.41) is 0. The van der Waals surface area contributed by atoms with Crippen molar-refractivity contribution in [3.05, 3.63) is 40.7 Å². The Morgan fingerprint density at radius 1 is 1.28 bits per heavy atom. The monoisotopic (exact) mass is 342 g/mol. The zero-order valence-electron chi connectivity index (χ0n) is 16.3. The van der Waals surface area contributed by atoms with Gasteiger partial charge in [0.05, 0.1) is 12.7 Å². The predicted octanol–water partition coefficient (Wildman–Crippen LogP) is 4.49. The number of benzene rings is 1. The third kappa shape index (κ3) is 3.73. The van der Waals surface area contributed by atoms with Crippen molar-refractivity contribution in [2.75, 3.05) is 7.11 Å². The van der Waals surface area contributed by atoms with Gasteiger partial charge in [-0.25, -0.2) is 0 Å². The zero-order valence-corrected chi connectivity index (χ0v) is 16.3. The summed E-state index contributed by atoms with van der Waals surface area (Å²) in [7, 11) is 1.67. The first-order valence-corrected chi connectivity index (χ1v) is 8.98. The maximum Gasteiger partial charge on any atom is 0.251 e. The molecule has 0 unspecified atom stereocenters. The minimum Gasteiger partial charge on any atom is -0.496 e. The second kappa shape index (κ2) is 7.77. The lowest BCUT2D eigenvalue weighted by molar-refractivity contribution is 0.1000. The number of primary amides is 1. The van der Waals surface area contributed by atoms with Gasteiger partial charge in [-0.15, -0.1) is 0 Å². The number of hydrogen-bond acceptors (Lipinski definition) is 2. The van der Waals surface area contributed by atoms with Crippen LogP contribution < -0.4 is 10.5 Å². The van der Waals surface area contributed by atoms with Gasteiger partial charge in [0.1, 0.15) is 5.75 Å². The van der Waals surface area contributed by atoms with Gasteiger partial charge in [0, 0.05) is 23.5 Å². The van der Waals surface area contributed by atoms with Crippen LogP contribution in [0.25, 0.3) is 11.1 Å². The van der Waals surface area contributed by atoms with Crippen molar-refractivity contribution >= 4 is 5.91 Å². The molecule has 0 atom stereocenters. The van der Waals surface area contributed by atoms with E-state index in [4.69, 9.17) is 10.5 Å². The summed E-state index contributed by atoms with van der Waals surface area (Å²) >= 11 is 0. The highest BCUT2D eigenvalue weighted by Gasteiger charge is 2.24. The summed E-state index contributed by atoms with van der Waals surface area (Å²) in [6, 6.07) is 6.04. The summed E-state index contributed by atoms with van der Waals surface area (Å²) in [4.78, 5) is 12.2. The number of nitrogens with two attached hydrogens (primary N) is 1. The Balaban J connectivity index is 2.68. The molecule has 0 aliphatic carbocycles. The highest BCUT2D eigenvalue weighted by Crippen LogP contribution is 2.35. The summed E-state index contributed by atoms with van der Waals surface area (Å²) in [6.45, 7) is 11.5. The lowest BCUT2D eigenvalue weighted by atomic mass is 9.97. The molecule has 0 spiro atoms. The van der Waals surface area contributed by atoms with E-state index in [0.717, 1.165) is 47.5 Å². The maximum atomic E-state index is 12.2. The van der Waals surface area contributed by atoms with Gasteiger partial charge in [-0.05, 0) is 55.9 Å². The second-order valence-corrected chi connectivity index (χ2v) is 7.02. The van der Waals surface area contributed by atoms with E-state index in [-0.39, 0.29) is 5.91 Å². The number of carbonyl (C=O) groups excluding carboxylic acids is 1. The van der Waals surface area contributed by atoms with Gasteiger partial charge in [0.25, 0.3) is 5.91 Å². The van der Waals surface area contributed by atoms with E-state index < -0.39 is 0 Å². The van der Waals surface area contributed by atoms with Crippen LogP contribution >= 0.6 is 0 Å².